The number of H-pyrrole nitrogens is 1. The van der Waals surface area contributed by atoms with E-state index < -0.39 is 0 Å². The number of aromatic amines is 1. The largest absolute Gasteiger partial charge is 0.393 e. The number of aliphatic hydroxyl groups is 1. The van der Waals surface area contributed by atoms with Crippen molar-refractivity contribution in [2.24, 2.45) is 5.92 Å². The number of thioether (sulfide) groups is 1. The summed E-state index contributed by atoms with van der Waals surface area (Å²) in [7, 11) is 1.73. The molecule has 0 spiro atoms. The summed E-state index contributed by atoms with van der Waals surface area (Å²) in [6.45, 7) is 4.12. The molecule has 2 aromatic rings. The van der Waals surface area contributed by atoms with E-state index in [-0.39, 0.29) is 12.0 Å². The molecular formula is C17H29N5O2S. The molecule has 0 amide bonds. The van der Waals surface area contributed by atoms with Gasteiger partial charge in [0.05, 0.1) is 11.6 Å². The van der Waals surface area contributed by atoms with Gasteiger partial charge in [0.2, 0.25) is 0 Å². The van der Waals surface area contributed by atoms with E-state index in [0.717, 1.165) is 54.1 Å². The number of nitrogens with two attached hydrogens (primary N) is 1. The molecule has 8 heteroatoms. The second-order valence-electron chi connectivity index (χ2n) is 6.20. The van der Waals surface area contributed by atoms with Crippen LogP contribution < -0.4 is 11.1 Å². The summed E-state index contributed by atoms with van der Waals surface area (Å²) in [5.74, 6) is 2.73. The highest BCUT2D eigenvalue weighted by Gasteiger charge is 2.15. The van der Waals surface area contributed by atoms with Gasteiger partial charge in [0.25, 0.3) is 0 Å². The van der Waals surface area contributed by atoms with E-state index in [4.69, 9.17) is 10.5 Å². The van der Waals surface area contributed by atoms with Crippen LogP contribution in [0.25, 0.3) is 11.0 Å². The summed E-state index contributed by atoms with van der Waals surface area (Å²) < 4.78 is 5.06. The van der Waals surface area contributed by atoms with E-state index in [9.17, 15) is 5.11 Å². The fourth-order valence-electron chi connectivity index (χ4n) is 2.59. The molecule has 2 aromatic heterocycles. The monoisotopic (exact) mass is 367 g/mol. The Kier molecular flexibility index (Phi) is 8.47. The van der Waals surface area contributed by atoms with Crippen molar-refractivity contribution in [3.63, 3.8) is 0 Å². The zero-order valence-electron chi connectivity index (χ0n) is 15.0. The van der Waals surface area contributed by atoms with Gasteiger partial charge in [-0.25, -0.2) is 9.97 Å². The van der Waals surface area contributed by atoms with E-state index >= 15 is 0 Å². The second-order valence-corrected chi connectivity index (χ2v) is 7.35. The van der Waals surface area contributed by atoms with Gasteiger partial charge in [0.1, 0.15) is 11.8 Å². The van der Waals surface area contributed by atoms with Gasteiger partial charge >= 0.3 is 0 Å². The maximum absolute atomic E-state index is 10.0. The number of anilines is 1. The van der Waals surface area contributed by atoms with Gasteiger partial charge in [-0.1, -0.05) is 0 Å². The summed E-state index contributed by atoms with van der Waals surface area (Å²) in [5, 5.41) is 13.4. The van der Waals surface area contributed by atoms with Crippen molar-refractivity contribution in [1.82, 2.24) is 20.3 Å². The Morgan fingerprint density at radius 3 is 3.00 bits per heavy atom. The van der Waals surface area contributed by atoms with Crippen LogP contribution >= 0.6 is 11.8 Å². The lowest BCUT2D eigenvalue weighted by Gasteiger charge is -2.20. The third kappa shape index (κ3) is 6.14. The van der Waals surface area contributed by atoms with Crippen LogP contribution in [0.4, 0.5) is 5.82 Å². The first-order chi connectivity index (χ1) is 12.1. The van der Waals surface area contributed by atoms with Crippen molar-refractivity contribution in [3.05, 3.63) is 18.1 Å². The number of nitrogens with zero attached hydrogens (tertiary/aromatic N) is 2. The molecule has 0 radical (unpaired) electrons. The zero-order chi connectivity index (χ0) is 18.1. The molecule has 0 aromatic carbocycles. The van der Waals surface area contributed by atoms with Crippen molar-refractivity contribution in [2.75, 3.05) is 37.5 Å². The first-order valence-corrected chi connectivity index (χ1v) is 9.80. The topological polar surface area (TPSA) is 109 Å². The summed E-state index contributed by atoms with van der Waals surface area (Å²) in [4.78, 5) is 11.4. The lowest BCUT2D eigenvalue weighted by Crippen LogP contribution is -2.31. The predicted octanol–water partition coefficient (Wildman–Crippen LogP) is 1.79. The Balaban J connectivity index is 1.76. The first-order valence-electron chi connectivity index (χ1n) is 8.65. The highest BCUT2D eigenvalue weighted by atomic mass is 32.2. The number of ether oxygens (including phenoxy) is 1. The van der Waals surface area contributed by atoms with E-state index in [2.05, 4.69) is 20.3 Å². The van der Waals surface area contributed by atoms with Gasteiger partial charge in [-0.05, 0) is 31.3 Å². The SMILES string of the molecule is COCCCCSC[C@@H](CNCc1c[nH]c2c(N)ncnc12)[C@@H](C)O. The zero-order valence-corrected chi connectivity index (χ0v) is 15.8. The number of methoxy groups -OCH3 is 1. The standard InChI is InChI=1S/C17H29N5O2S/c1-12(23)14(10-25-6-4-3-5-24-2)8-19-7-13-9-20-16-15(13)21-11-22-17(16)18/h9,11-12,14,19-20,23H,3-8,10H2,1-2H3,(H2,18,21,22)/t12-,14-/m1/s1. The Bertz CT molecular complexity index is 635. The van der Waals surface area contributed by atoms with Gasteiger partial charge in [0, 0.05) is 44.5 Å². The number of hydrogen-bond acceptors (Lipinski definition) is 7. The molecule has 0 aliphatic carbocycles. The molecule has 0 aliphatic rings. The predicted molar refractivity (Wildman–Crippen MR) is 104 cm³/mol. The smallest absolute Gasteiger partial charge is 0.151 e. The maximum Gasteiger partial charge on any atom is 0.151 e. The van der Waals surface area contributed by atoms with Crippen LogP contribution in [0, 0.1) is 5.92 Å². The lowest BCUT2D eigenvalue weighted by molar-refractivity contribution is 0.136. The molecule has 0 fully saturated rings. The minimum Gasteiger partial charge on any atom is -0.393 e. The minimum absolute atomic E-state index is 0.220. The summed E-state index contributed by atoms with van der Waals surface area (Å²) >= 11 is 1.89. The van der Waals surface area contributed by atoms with Crippen LogP contribution in [0.3, 0.4) is 0 Å². The summed E-state index contributed by atoms with van der Waals surface area (Å²) in [6.07, 6.45) is 5.29. The van der Waals surface area contributed by atoms with Crippen molar-refractivity contribution in [2.45, 2.75) is 32.4 Å². The number of nitrogen functional groups attached to an aromatic ring is 1. The van der Waals surface area contributed by atoms with Crippen molar-refractivity contribution >= 4 is 28.6 Å². The fraction of sp³-hybridized carbons (Fsp3) is 0.647. The Hall–Kier alpha value is -1.35. The van der Waals surface area contributed by atoms with Crippen LogP contribution in [0.5, 0.6) is 0 Å². The molecule has 0 saturated carbocycles. The normalized spacial score (nSPS) is 14.0. The van der Waals surface area contributed by atoms with Crippen molar-refractivity contribution in [3.8, 4) is 0 Å². The number of hydrogen-bond donors (Lipinski definition) is 4. The molecular weight excluding hydrogens is 338 g/mol. The summed E-state index contributed by atoms with van der Waals surface area (Å²) in [5.41, 5.74) is 8.52. The van der Waals surface area contributed by atoms with E-state index in [0.29, 0.717) is 12.4 Å². The van der Waals surface area contributed by atoms with E-state index in [1.54, 1.807) is 7.11 Å². The number of rotatable bonds is 12. The average Bonchev–Trinajstić information content (AvgIpc) is 3.00. The molecule has 7 nitrogen and oxygen atoms in total. The quantitative estimate of drug-likeness (QED) is 0.423. The number of aromatic nitrogens is 3. The molecule has 5 N–H and O–H groups in total. The van der Waals surface area contributed by atoms with Crippen molar-refractivity contribution in [1.29, 1.82) is 0 Å². The fourth-order valence-corrected chi connectivity index (χ4v) is 3.87. The Morgan fingerprint density at radius 1 is 1.40 bits per heavy atom. The highest BCUT2D eigenvalue weighted by Crippen LogP contribution is 2.19. The molecule has 25 heavy (non-hydrogen) atoms. The molecule has 2 rings (SSSR count). The molecule has 0 bridgehead atoms. The van der Waals surface area contributed by atoms with Crippen LogP contribution in [0.2, 0.25) is 0 Å². The third-order valence-electron chi connectivity index (χ3n) is 4.19. The van der Waals surface area contributed by atoms with Crippen LogP contribution in [-0.2, 0) is 11.3 Å². The van der Waals surface area contributed by atoms with Gasteiger partial charge < -0.3 is 25.9 Å². The molecule has 0 saturated heterocycles. The third-order valence-corrected chi connectivity index (χ3v) is 5.44. The molecule has 0 unspecified atom stereocenters. The van der Waals surface area contributed by atoms with Gasteiger partial charge in [0.15, 0.2) is 5.82 Å². The van der Waals surface area contributed by atoms with Crippen molar-refractivity contribution < 1.29 is 9.84 Å². The number of nitrogens with one attached hydrogen (secondary N) is 2. The maximum atomic E-state index is 10.0. The van der Waals surface area contributed by atoms with Gasteiger partial charge in [-0.3, -0.25) is 0 Å². The summed E-state index contributed by atoms with van der Waals surface area (Å²) in [6, 6.07) is 0. The minimum atomic E-state index is -0.333. The molecule has 0 aliphatic heterocycles. The highest BCUT2D eigenvalue weighted by molar-refractivity contribution is 7.99. The van der Waals surface area contributed by atoms with E-state index in [1.165, 1.54) is 6.33 Å². The molecule has 2 atom stereocenters. The first kappa shape index (κ1) is 20.0. The van der Waals surface area contributed by atoms with Crippen LogP contribution in [0.1, 0.15) is 25.3 Å². The van der Waals surface area contributed by atoms with Gasteiger partial charge in [-0.2, -0.15) is 11.8 Å². The Labute approximate surface area is 153 Å². The number of aliphatic hydroxyl groups excluding tert-OH is 1. The average molecular weight is 368 g/mol. The Morgan fingerprint density at radius 2 is 2.24 bits per heavy atom. The number of fused-ring (bicyclic) bond motifs is 1. The van der Waals surface area contributed by atoms with Gasteiger partial charge in [-0.15, -0.1) is 0 Å². The van der Waals surface area contributed by atoms with Crippen LogP contribution in [-0.4, -0.2) is 57.9 Å². The van der Waals surface area contributed by atoms with Crippen LogP contribution in [0.15, 0.2) is 12.5 Å². The molecule has 140 valence electrons. The van der Waals surface area contributed by atoms with E-state index in [1.807, 2.05) is 24.9 Å². The molecule has 2 heterocycles. The number of unbranched alkanes of at least 4 members (excludes halogenated alkanes) is 1. The lowest BCUT2D eigenvalue weighted by atomic mass is 10.1. The second kappa shape index (κ2) is 10.6.